The van der Waals surface area contributed by atoms with Crippen molar-refractivity contribution in [2.75, 3.05) is 0 Å². The number of carbonyl (C=O) groups is 1. The Morgan fingerprint density at radius 2 is 1.70 bits per heavy atom. The number of rotatable bonds is 5. The fourth-order valence-corrected chi connectivity index (χ4v) is 9.21. The summed E-state index contributed by atoms with van der Waals surface area (Å²) < 4.78 is 0. The molecule has 4 aliphatic carbocycles. The molecule has 4 saturated carbocycles. The minimum absolute atomic E-state index is 0.0396. The Hall–Kier alpha value is -0.410. The van der Waals surface area contributed by atoms with Gasteiger partial charge in [0.1, 0.15) is 5.78 Å². The average Bonchev–Trinajstić information content (AvgIpc) is 2.99. The van der Waals surface area contributed by atoms with Crippen molar-refractivity contribution < 1.29 is 15.0 Å². The summed E-state index contributed by atoms with van der Waals surface area (Å²) in [6.45, 7) is 11.9. The molecule has 4 rings (SSSR count). The van der Waals surface area contributed by atoms with Gasteiger partial charge in [-0.2, -0.15) is 0 Å². The fourth-order valence-electron chi connectivity index (χ4n) is 9.21. The lowest BCUT2D eigenvalue weighted by molar-refractivity contribution is -0.304. The Balaban J connectivity index is 1.53. The predicted octanol–water partition coefficient (Wildman–Crippen LogP) is 5.97. The quantitative estimate of drug-likeness (QED) is 0.541. The minimum atomic E-state index is -1.83. The SMILES string of the molecule is CC(C)CCC[C@@H](C)[C@H]1CC[C@H]2[C@@H]3CC[C@@H]4CC(=O)CC(O)(O)[C@]4(C)[C@H]3CC[C@]12C. The molecule has 8 atom stereocenters. The number of aliphatic hydroxyl groups is 2. The van der Waals surface area contributed by atoms with E-state index in [4.69, 9.17) is 0 Å². The van der Waals surface area contributed by atoms with E-state index in [1.54, 1.807) is 0 Å². The van der Waals surface area contributed by atoms with E-state index in [0.717, 1.165) is 36.5 Å². The summed E-state index contributed by atoms with van der Waals surface area (Å²) in [5.41, 5.74) is -0.105. The van der Waals surface area contributed by atoms with Gasteiger partial charge >= 0.3 is 0 Å². The number of Topliss-reactive ketones (excluding diaryl/α,β-unsaturated/α-hetero) is 1. The van der Waals surface area contributed by atoms with Gasteiger partial charge in [-0.15, -0.1) is 0 Å². The molecule has 0 aliphatic heterocycles. The van der Waals surface area contributed by atoms with Gasteiger partial charge in [-0.3, -0.25) is 4.79 Å². The monoisotopic (exact) mass is 418 g/mol. The number of ketones is 1. The van der Waals surface area contributed by atoms with Crippen LogP contribution in [-0.2, 0) is 4.79 Å². The van der Waals surface area contributed by atoms with Gasteiger partial charge in [0.15, 0.2) is 5.79 Å². The van der Waals surface area contributed by atoms with Crippen molar-refractivity contribution in [1.29, 1.82) is 0 Å². The topological polar surface area (TPSA) is 57.5 Å². The maximum absolute atomic E-state index is 12.2. The fraction of sp³-hybridized carbons (Fsp3) is 0.963. The molecule has 0 bridgehead atoms. The lowest BCUT2D eigenvalue weighted by atomic mass is 9.43. The molecular weight excluding hydrogens is 372 g/mol. The molecule has 172 valence electrons. The highest BCUT2D eigenvalue weighted by atomic mass is 16.5. The van der Waals surface area contributed by atoms with Gasteiger partial charge in [0.05, 0.1) is 6.42 Å². The molecule has 3 heteroatoms. The van der Waals surface area contributed by atoms with Crippen LogP contribution in [0.3, 0.4) is 0 Å². The second-order valence-corrected chi connectivity index (χ2v) is 12.7. The van der Waals surface area contributed by atoms with E-state index in [1.165, 1.54) is 44.9 Å². The van der Waals surface area contributed by atoms with Gasteiger partial charge in [-0.05, 0) is 85.4 Å². The van der Waals surface area contributed by atoms with Crippen LogP contribution in [0.25, 0.3) is 0 Å². The molecule has 0 spiro atoms. The molecule has 0 amide bonds. The maximum Gasteiger partial charge on any atom is 0.175 e. The normalized spacial score (nSPS) is 46.3. The highest BCUT2D eigenvalue weighted by Crippen LogP contribution is 2.69. The summed E-state index contributed by atoms with van der Waals surface area (Å²) in [6.07, 6.45) is 11.7. The van der Waals surface area contributed by atoms with E-state index >= 15 is 0 Å². The van der Waals surface area contributed by atoms with Crippen LogP contribution < -0.4 is 0 Å². The number of carbonyl (C=O) groups excluding carboxylic acids is 1. The van der Waals surface area contributed by atoms with Crippen molar-refractivity contribution in [3.8, 4) is 0 Å². The number of fused-ring (bicyclic) bond motifs is 5. The summed E-state index contributed by atoms with van der Waals surface area (Å²) in [6, 6.07) is 0. The van der Waals surface area contributed by atoms with Crippen LogP contribution >= 0.6 is 0 Å². The van der Waals surface area contributed by atoms with E-state index < -0.39 is 11.2 Å². The second-order valence-electron chi connectivity index (χ2n) is 12.7. The molecule has 0 unspecified atom stereocenters. The van der Waals surface area contributed by atoms with Crippen molar-refractivity contribution >= 4 is 5.78 Å². The van der Waals surface area contributed by atoms with Crippen LogP contribution in [0.1, 0.15) is 105 Å². The van der Waals surface area contributed by atoms with Crippen molar-refractivity contribution in [2.45, 2.75) is 111 Å². The summed E-state index contributed by atoms with van der Waals surface area (Å²) in [4.78, 5) is 12.2. The zero-order valence-electron chi connectivity index (χ0n) is 20.1. The van der Waals surface area contributed by atoms with Crippen molar-refractivity contribution in [3.05, 3.63) is 0 Å². The summed E-state index contributed by atoms with van der Waals surface area (Å²) in [5, 5.41) is 22.1. The van der Waals surface area contributed by atoms with Crippen molar-refractivity contribution in [3.63, 3.8) is 0 Å². The van der Waals surface area contributed by atoms with Crippen LogP contribution in [0.4, 0.5) is 0 Å². The van der Waals surface area contributed by atoms with Gasteiger partial charge in [0.2, 0.25) is 0 Å². The minimum Gasteiger partial charge on any atom is -0.365 e. The zero-order valence-corrected chi connectivity index (χ0v) is 20.1. The third kappa shape index (κ3) is 3.41. The van der Waals surface area contributed by atoms with Gasteiger partial charge in [0.25, 0.3) is 0 Å². The van der Waals surface area contributed by atoms with Crippen molar-refractivity contribution in [2.24, 2.45) is 52.3 Å². The Labute approximate surface area is 184 Å². The third-order valence-electron chi connectivity index (χ3n) is 10.9. The van der Waals surface area contributed by atoms with E-state index in [1.807, 2.05) is 0 Å². The first-order valence-corrected chi connectivity index (χ1v) is 13.0. The molecule has 0 aromatic heterocycles. The Kier molecular flexibility index (Phi) is 5.97. The summed E-state index contributed by atoms with van der Waals surface area (Å²) in [7, 11) is 0. The average molecular weight is 419 g/mol. The van der Waals surface area contributed by atoms with E-state index in [2.05, 4.69) is 34.6 Å². The smallest absolute Gasteiger partial charge is 0.175 e. The van der Waals surface area contributed by atoms with Gasteiger partial charge < -0.3 is 10.2 Å². The van der Waals surface area contributed by atoms with E-state index in [9.17, 15) is 15.0 Å². The van der Waals surface area contributed by atoms with Gasteiger partial charge in [0, 0.05) is 11.8 Å². The molecule has 0 aromatic carbocycles. The van der Waals surface area contributed by atoms with Crippen molar-refractivity contribution in [1.82, 2.24) is 0 Å². The Bertz CT molecular complexity index is 654. The lowest BCUT2D eigenvalue weighted by Crippen LogP contribution is -2.64. The zero-order chi connectivity index (χ0) is 21.9. The first-order valence-electron chi connectivity index (χ1n) is 13.0. The standard InChI is InChI=1S/C27H46O3/c1-17(2)7-6-8-18(3)22-11-12-23-21-10-9-19-15-20(28)16-27(29,30)26(19,5)24(21)13-14-25(22,23)4/h17-19,21-24,29-30H,6-16H2,1-5H3/t18-,19-,21+,22-,23+,24+,25-,26+/m1/s1. The first-order chi connectivity index (χ1) is 14.0. The Morgan fingerprint density at radius 1 is 0.967 bits per heavy atom. The number of hydrogen-bond acceptors (Lipinski definition) is 3. The Morgan fingerprint density at radius 3 is 2.40 bits per heavy atom. The maximum atomic E-state index is 12.2. The first kappa shape index (κ1) is 22.8. The third-order valence-corrected chi connectivity index (χ3v) is 10.9. The molecule has 4 aliphatic rings. The largest absolute Gasteiger partial charge is 0.365 e. The van der Waals surface area contributed by atoms with Crippen LogP contribution in [0.15, 0.2) is 0 Å². The molecule has 4 fully saturated rings. The molecule has 0 heterocycles. The summed E-state index contributed by atoms with van der Waals surface area (Å²) >= 11 is 0. The van der Waals surface area contributed by atoms with E-state index in [0.29, 0.717) is 23.7 Å². The summed E-state index contributed by atoms with van der Waals surface area (Å²) in [5.74, 6) is 2.45. The molecule has 2 N–H and O–H groups in total. The van der Waals surface area contributed by atoms with Gasteiger partial charge in [-0.1, -0.05) is 53.9 Å². The molecule has 0 saturated heterocycles. The van der Waals surface area contributed by atoms with Crippen LogP contribution in [0.5, 0.6) is 0 Å². The van der Waals surface area contributed by atoms with Crippen LogP contribution in [0, 0.1) is 52.3 Å². The van der Waals surface area contributed by atoms with E-state index in [-0.39, 0.29) is 18.1 Å². The molecule has 30 heavy (non-hydrogen) atoms. The second kappa shape index (κ2) is 7.87. The predicted molar refractivity (Wildman–Crippen MR) is 121 cm³/mol. The molecular formula is C27H46O3. The highest BCUT2D eigenvalue weighted by Gasteiger charge is 2.66. The molecule has 0 aromatic rings. The highest BCUT2D eigenvalue weighted by molar-refractivity contribution is 5.81. The molecule has 3 nitrogen and oxygen atoms in total. The number of hydrogen-bond donors (Lipinski definition) is 2. The van der Waals surface area contributed by atoms with Crippen LogP contribution in [0.2, 0.25) is 0 Å². The molecule has 0 radical (unpaired) electrons. The lowest BCUT2D eigenvalue weighted by Gasteiger charge is -2.63. The van der Waals surface area contributed by atoms with Gasteiger partial charge in [-0.25, -0.2) is 0 Å². The van der Waals surface area contributed by atoms with Crippen LogP contribution in [-0.4, -0.2) is 21.8 Å².